The van der Waals surface area contributed by atoms with Gasteiger partial charge in [0.2, 0.25) is 0 Å². The quantitative estimate of drug-likeness (QED) is 0.804. The highest BCUT2D eigenvalue weighted by atomic mass is 32.2. The van der Waals surface area contributed by atoms with Crippen molar-refractivity contribution in [3.63, 3.8) is 0 Å². The van der Waals surface area contributed by atoms with Crippen molar-refractivity contribution in [1.82, 2.24) is 5.32 Å². The zero-order chi connectivity index (χ0) is 8.97. The zero-order valence-corrected chi connectivity index (χ0v) is 9.39. The topological polar surface area (TPSA) is 12.0 Å². The molecule has 3 heteroatoms. The Morgan fingerprint density at radius 1 is 1.67 bits per heavy atom. The minimum atomic E-state index is 0.528. The van der Waals surface area contributed by atoms with Crippen molar-refractivity contribution in [3.05, 3.63) is 21.9 Å². The molecule has 0 radical (unpaired) electrons. The van der Waals surface area contributed by atoms with Gasteiger partial charge in [-0.2, -0.15) is 11.8 Å². The molecule has 0 aromatic carbocycles. The molecule has 1 aromatic heterocycles. The van der Waals surface area contributed by atoms with E-state index in [0.29, 0.717) is 6.04 Å². The van der Waals surface area contributed by atoms with Crippen LogP contribution in [0.2, 0.25) is 0 Å². The Morgan fingerprint density at radius 3 is 2.83 bits per heavy atom. The second-order valence-electron chi connectivity index (χ2n) is 2.76. The minimum absolute atomic E-state index is 0.528. The number of hydrogen-bond donors (Lipinski definition) is 1. The van der Waals surface area contributed by atoms with E-state index in [-0.39, 0.29) is 0 Å². The van der Waals surface area contributed by atoms with E-state index in [1.807, 2.05) is 30.1 Å². The molecule has 0 spiro atoms. The summed E-state index contributed by atoms with van der Waals surface area (Å²) in [6.07, 6.45) is 2.15. The Balaban J connectivity index is 2.72. The van der Waals surface area contributed by atoms with Gasteiger partial charge in [0.1, 0.15) is 0 Å². The van der Waals surface area contributed by atoms with Crippen molar-refractivity contribution in [2.45, 2.75) is 13.0 Å². The van der Waals surface area contributed by atoms with E-state index >= 15 is 0 Å². The lowest BCUT2D eigenvalue weighted by Crippen LogP contribution is -2.18. The van der Waals surface area contributed by atoms with Crippen LogP contribution in [-0.2, 0) is 0 Å². The van der Waals surface area contributed by atoms with Crippen LogP contribution in [0.3, 0.4) is 0 Å². The number of rotatable bonds is 4. The molecule has 12 heavy (non-hydrogen) atoms. The third-order valence-electron chi connectivity index (χ3n) is 1.90. The smallest absolute Gasteiger partial charge is 0.0506 e. The largest absolute Gasteiger partial charge is 0.312 e. The van der Waals surface area contributed by atoms with Crippen molar-refractivity contribution < 1.29 is 0 Å². The first-order valence-electron chi connectivity index (χ1n) is 3.99. The lowest BCUT2D eigenvalue weighted by molar-refractivity contribution is 0.671. The molecular weight excluding hydrogens is 186 g/mol. The SMILES string of the molecule is CNC(CSC)c1sccc1C. The fraction of sp³-hybridized carbons (Fsp3) is 0.556. The normalized spacial score (nSPS) is 13.2. The molecular formula is C9H15NS2. The predicted octanol–water partition coefficient (Wildman–Crippen LogP) is 2.68. The van der Waals surface area contributed by atoms with Gasteiger partial charge in [-0.15, -0.1) is 11.3 Å². The van der Waals surface area contributed by atoms with Crippen LogP contribution in [0.25, 0.3) is 0 Å². The predicted molar refractivity (Wildman–Crippen MR) is 59.2 cm³/mol. The van der Waals surface area contributed by atoms with Crippen molar-refractivity contribution >= 4 is 23.1 Å². The average Bonchev–Trinajstić information content (AvgIpc) is 2.47. The maximum atomic E-state index is 3.34. The van der Waals surface area contributed by atoms with E-state index in [1.165, 1.54) is 10.4 Å². The van der Waals surface area contributed by atoms with Crippen LogP contribution >= 0.6 is 23.1 Å². The molecule has 0 bridgehead atoms. The van der Waals surface area contributed by atoms with Crippen LogP contribution < -0.4 is 5.32 Å². The molecule has 1 heterocycles. The van der Waals surface area contributed by atoms with Gasteiger partial charge in [0.25, 0.3) is 0 Å². The second-order valence-corrected chi connectivity index (χ2v) is 4.62. The summed E-state index contributed by atoms with van der Waals surface area (Å²) in [5.74, 6) is 1.15. The summed E-state index contributed by atoms with van der Waals surface area (Å²) in [7, 11) is 2.03. The molecule has 1 unspecified atom stereocenters. The van der Waals surface area contributed by atoms with E-state index in [2.05, 4.69) is 29.9 Å². The van der Waals surface area contributed by atoms with Crippen LogP contribution in [0, 0.1) is 6.92 Å². The van der Waals surface area contributed by atoms with Gasteiger partial charge >= 0.3 is 0 Å². The molecule has 0 fully saturated rings. The standard InChI is InChI=1S/C9H15NS2/c1-7-4-5-12-9(7)8(10-2)6-11-3/h4-5,8,10H,6H2,1-3H3. The molecule has 0 saturated heterocycles. The molecule has 1 aromatic rings. The molecule has 0 aliphatic heterocycles. The zero-order valence-electron chi connectivity index (χ0n) is 7.76. The highest BCUT2D eigenvalue weighted by molar-refractivity contribution is 7.98. The van der Waals surface area contributed by atoms with Crippen LogP contribution in [0.1, 0.15) is 16.5 Å². The van der Waals surface area contributed by atoms with Gasteiger partial charge < -0.3 is 5.32 Å². The molecule has 1 atom stereocenters. The molecule has 0 aliphatic rings. The van der Waals surface area contributed by atoms with Crippen LogP contribution in [-0.4, -0.2) is 19.1 Å². The van der Waals surface area contributed by atoms with Crippen molar-refractivity contribution in [1.29, 1.82) is 0 Å². The molecule has 0 saturated carbocycles. The van der Waals surface area contributed by atoms with Gasteiger partial charge in [-0.25, -0.2) is 0 Å². The molecule has 0 aliphatic carbocycles. The third kappa shape index (κ3) is 2.25. The van der Waals surface area contributed by atoms with E-state index in [9.17, 15) is 0 Å². The van der Waals surface area contributed by atoms with Gasteiger partial charge in [0.15, 0.2) is 0 Å². The Morgan fingerprint density at radius 2 is 2.42 bits per heavy atom. The lowest BCUT2D eigenvalue weighted by atomic mass is 10.2. The summed E-state index contributed by atoms with van der Waals surface area (Å²) in [4.78, 5) is 1.48. The van der Waals surface area contributed by atoms with E-state index in [4.69, 9.17) is 0 Å². The maximum absolute atomic E-state index is 3.34. The molecule has 68 valence electrons. The van der Waals surface area contributed by atoms with Gasteiger partial charge in [-0.05, 0) is 37.2 Å². The van der Waals surface area contributed by atoms with Gasteiger partial charge in [-0.3, -0.25) is 0 Å². The van der Waals surface area contributed by atoms with Gasteiger partial charge in [-0.1, -0.05) is 0 Å². The first-order chi connectivity index (χ1) is 5.79. The Bertz CT molecular complexity index is 232. The number of aryl methyl sites for hydroxylation is 1. The molecule has 1 rings (SSSR count). The summed E-state index contributed by atoms with van der Waals surface area (Å²) < 4.78 is 0. The highest BCUT2D eigenvalue weighted by Gasteiger charge is 2.11. The third-order valence-corrected chi connectivity index (χ3v) is 3.70. The number of nitrogens with one attached hydrogen (secondary N) is 1. The summed E-state index contributed by atoms with van der Waals surface area (Å²) in [5.41, 5.74) is 1.41. The Labute approximate surface area is 82.6 Å². The van der Waals surface area contributed by atoms with Crippen molar-refractivity contribution in [2.24, 2.45) is 0 Å². The molecule has 1 nitrogen and oxygen atoms in total. The average molecular weight is 201 g/mol. The number of hydrogen-bond acceptors (Lipinski definition) is 3. The summed E-state index contributed by atoms with van der Waals surface area (Å²) in [6.45, 7) is 2.18. The molecule has 1 N–H and O–H groups in total. The fourth-order valence-electron chi connectivity index (χ4n) is 1.20. The monoisotopic (exact) mass is 201 g/mol. The van der Waals surface area contributed by atoms with E-state index < -0.39 is 0 Å². The van der Waals surface area contributed by atoms with Gasteiger partial charge in [0.05, 0.1) is 6.04 Å². The van der Waals surface area contributed by atoms with E-state index in [0.717, 1.165) is 5.75 Å². The van der Waals surface area contributed by atoms with E-state index in [1.54, 1.807) is 0 Å². The Hall–Kier alpha value is 0.0100. The summed E-state index contributed by atoms with van der Waals surface area (Å²) in [6, 6.07) is 2.71. The highest BCUT2D eigenvalue weighted by Crippen LogP contribution is 2.25. The van der Waals surface area contributed by atoms with Crippen LogP contribution in [0.15, 0.2) is 11.4 Å². The van der Waals surface area contributed by atoms with Crippen LogP contribution in [0.4, 0.5) is 0 Å². The minimum Gasteiger partial charge on any atom is -0.312 e. The second kappa shape index (κ2) is 4.90. The first kappa shape index (κ1) is 10.1. The number of thiophene rings is 1. The first-order valence-corrected chi connectivity index (χ1v) is 6.27. The Kier molecular flexibility index (Phi) is 4.12. The fourth-order valence-corrected chi connectivity index (χ4v) is 3.01. The lowest BCUT2D eigenvalue weighted by Gasteiger charge is -2.13. The van der Waals surface area contributed by atoms with Crippen molar-refractivity contribution in [3.8, 4) is 0 Å². The summed E-state index contributed by atoms with van der Waals surface area (Å²) >= 11 is 3.73. The number of thioether (sulfide) groups is 1. The van der Waals surface area contributed by atoms with Crippen LogP contribution in [0.5, 0.6) is 0 Å². The molecule has 0 amide bonds. The summed E-state index contributed by atoms with van der Waals surface area (Å²) in [5, 5.41) is 5.50. The van der Waals surface area contributed by atoms with Crippen molar-refractivity contribution in [2.75, 3.05) is 19.1 Å². The maximum Gasteiger partial charge on any atom is 0.0506 e. The van der Waals surface area contributed by atoms with Gasteiger partial charge in [0, 0.05) is 10.6 Å².